The molecule has 1 atom stereocenters. The third kappa shape index (κ3) is 3.34. The van der Waals surface area contributed by atoms with Crippen molar-refractivity contribution in [1.29, 1.82) is 0 Å². The van der Waals surface area contributed by atoms with E-state index in [-0.39, 0.29) is 16.8 Å². The Hall–Kier alpha value is -1.92. The van der Waals surface area contributed by atoms with Gasteiger partial charge in [-0.05, 0) is 36.8 Å². The van der Waals surface area contributed by atoms with Crippen molar-refractivity contribution in [2.24, 2.45) is 5.14 Å². The molecule has 2 aromatic rings. The number of hydrogen-bond donors (Lipinski definition) is 2. The standard InChI is InChI=1S/C14H15FN2O2S/c1-10(11-6-8-12(15)9-7-11)17-13-4-2-3-5-14(13)20(16,18)19/h2-10,17H,1H3,(H2,16,18,19). The molecule has 6 heteroatoms. The molecule has 0 aromatic heterocycles. The lowest BCUT2D eigenvalue weighted by atomic mass is 10.1. The van der Waals surface area contributed by atoms with E-state index in [9.17, 15) is 12.8 Å². The molecule has 2 rings (SSSR count). The minimum atomic E-state index is -3.79. The first-order valence-electron chi connectivity index (χ1n) is 6.02. The maximum atomic E-state index is 12.9. The number of nitrogens with one attached hydrogen (secondary N) is 1. The summed E-state index contributed by atoms with van der Waals surface area (Å²) in [5, 5.41) is 8.25. The third-order valence-corrected chi connectivity index (χ3v) is 3.90. The Morgan fingerprint density at radius 2 is 1.70 bits per heavy atom. The van der Waals surface area contributed by atoms with Crippen molar-refractivity contribution in [3.05, 3.63) is 59.9 Å². The first-order valence-corrected chi connectivity index (χ1v) is 7.56. The van der Waals surface area contributed by atoms with Crippen LogP contribution in [0.15, 0.2) is 53.4 Å². The molecule has 0 bridgehead atoms. The summed E-state index contributed by atoms with van der Waals surface area (Å²) in [5.74, 6) is -0.314. The molecule has 0 fully saturated rings. The summed E-state index contributed by atoms with van der Waals surface area (Å²) in [4.78, 5) is 0.0361. The molecule has 1 unspecified atom stereocenters. The van der Waals surface area contributed by atoms with Crippen molar-refractivity contribution in [2.75, 3.05) is 5.32 Å². The largest absolute Gasteiger partial charge is 0.377 e. The van der Waals surface area contributed by atoms with E-state index in [0.29, 0.717) is 5.69 Å². The van der Waals surface area contributed by atoms with Crippen LogP contribution in [0.1, 0.15) is 18.5 Å². The van der Waals surface area contributed by atoms with Crippen LogP contribution in [0, 0.1) is 5.82 Å². The van der Waals surface area contributed by atoms with Crippen LogP contribution in [0.5, 0.6) is 0 Å². The summed E-state index contributed by atoms with van der Waals surface area (Å²) in [5.41, 5.74) is 1.27. The Morgan fingerprint density at radius 1 is 1.10 bits per heavy atom. The zero-order valence-corrected chi connectivity index (χ0v) is 11.7. The lowest BCUT2D eigenvalue weighted by molar-refractivity contribution is 0.598. The number of anilines is 1. The second-order valence-corrected chi connectivity index (χ2v) is 5.99. The molecule has 0 aliphatic carbocycles. The third-order valence-electron chi connectivity index (χ3n) is 2.94. The highest BCUT2D eigenvalue weighted by atomic mass is 32.2. The molecule has 0 heterocycles. The monoisotopic (exact) mass is 294 g/mol. The van der Waals surface area contributed by atoms with E-state index in [1.807, 2.05) is 6.92 Å². The molecule has 0 saturated carbocycles. The number of nitrogens with two attached hydrogens (primary N) is 1. The van der Waals surface area contributed by atoms with Crippen LogP contribution in [0.4, 0.5) is 10.1 Å². The Labute approximate surface area is 117 Å². The van der Waals surface area contributed by atoms with Crippen molar-refractivity contribution in [1.82, 2.24) is 0 Å². The molecule has 0 aliphatic heterocycles. The maximum absolute atomic E-state index is 12.9. The highest BCUT2D eigenvalue weighted by molar-refractivity contribution is 7.89. The molecule has 0 spiro atoms. The Balaban J connectivity index is 2.28. The van der Waals surface area contributed by atoms with Gasteiger partial charge in [0.25, 0.3) is 0 Å². The molecular weight excluding hydrogens is 279 g/mol. The van der Waals surface area contributed by atoms with Gasteiger partial charge in [0.05, 0.1) is 5.69 Å². The van der Waals surface area contributed by atoms with Gasteiger partial charge in [-0.15, -0.1) is 0 Å². The molecule has 0 saturated heterocycles. The Morgan fingerprint density at radius 3 is 2.30 bits per heavy atom. The predicted molar refractivity (Wildman–Crippen MR) is 76.3 cm³/mol. The van der Waals surface area contributed by atoms with Crippen LogP contribution in [0.2, 0.25) is 0 Å². The highest BCUT2D eigenvalue weighted by Gasteiger charge is 2.15. The first kappa shape index (κ1) is 14.5. The molecule has 2 aromatic carbocycles. The molecule has 0 amide bonds. The van der Waals surface area contributed by atoms with Gasteiger partial charge in [0.15, 0.2) is 0 Å². The van der Waals surface area contributed by atoms with Gasteiger partial charge in [-0.25, -0.2) is 17.9 Å². The fraction of sp³-hybridized carbons (Fsp3) is 0.143. The van der Waals surface area contributed by atoms with Gasteiger partial charge in [-0.2, -0.15) is 0 Å². The van der Waals surface area contributed by atoms with Crippen molar-refractivity contribution in [3.63, 3.8) is 0 Å². The van der Waals surface area contributed by atoms with Gasteiger partial charge in [0, 0.05) is 6.04 Å². The topological polar surface area (TPSA) is 72.2 Å². The molecule has 0 aliphatic rings. The second-order valence-electron chi connectivity index (χ2n) is 4.46. The minimum absolute atomic E-state index is 0.0361. The summed E-state index contributed by atoms with van der Waals surface area (Å²) >= 11 is 0. The molecule has 106 valence electrons. The summed E-state index contributed by atoms with van der Waals surface area (Å²) in [6.07, 6.45) is 0. The number of benzene rings is 2. The second kappa shape index (κ2) is 5.60. The van der Waals surface area contributed by atoms with Crippen molar-refractivity contribution in [2.45, 2.75) is 17.9 Å². The lowest BCUT2D eigenvalue weighted by Gasteiger charge is -2.17. The van der Waals surface area contributed by atoms with Crippen molar-refractivity contribution in [3.8, 4) is 0 Å². The number of primary sulfonamides is 1. The van der Waals surface area contributed by atoms with Crippen LogP contribution >= 0.6 is 0 Å². The van der Waals surface area contributed by atoms with Crippen LogP contribution in [0.3, 0.4) is 0 Å². The summed E-state index contributed by atoms with van der Waals surface area (Å²) in [7, 11) is -3.79. The summed E-state index contributed by atoms with van der Waals surface area (Å²) in [6.45, 7) is 1.85. The van der Waals surface area contributed by atoms with Crippen LogP contribution in [-0.4, -0.2) is 8.42 Å². The van der Waals surface area contributed by atoms with Crippen LogP contribution in [-0.2, 0) is 10.0 Å². The molecular formula is C14H15FN2O2S. The molecule has 4 nitrogen and oxygen atoms in total. The van der Waals surface area contributed by atoms with E-state index in [4.69, 9.17) is 5.14 Å². The van der Waals surface area contributed by atoms with E-state index in [1.165, 1.54) is 18.2 Å². The Kier molecular flexibility index (Phi) is 4.06. The molecule has 20 heavy (non-hydrogen) atoms. The zero-order valence-electron chi connectivity index (χ0n) is 10.9. The summed E-state index contributed by atoms with van der Waals surface area (Å²) < 4.78 is 35.9. The normalized spacial score (nSPS) is 12.9. The van der Waals surface area contributed by atoms with Gasteiger partial charge < -0.3 is 5.32 Å². The van der Waals surface area contributed by atoms with E-state index in [0.717, 1.165) is 5.56 Å². The van der Waals surface area contributed by atoms with E-state index in [1.54, 1.807) is 30.3 Å². The molecule has 3 N–H and O–H groups in total. The number of rotatable bonds is 4. The fourth-order valence-corrected chi connectivity index (χ4v) is 2.60. The first-order chi connectivity index (χ1) is 9.38. The summed E-state index contributed by atoms with van der Waals surface area (Å²) in [6, 6.07) is 12.2. The smallest absolute Gasteiger partial charge is 0.240 e. The number of hydrogen-bond acceptors (Lipinski definition) is 3. The number of para-hydroxylation sites is 1. The average Bonchev–Trinajstić information content (AvgIpc) is 2.38. The SMILES string of the molecule is CC(Nc1ccccc1S(N)(=O)=O)c1ccc(F)cc1. The quantitative estimate of drug-likeness (QED) is 0.910. The fourth-order valence-electron chi connectivity index (χ4n) is 1.90. The van der Waals surface area contributed by atoms with Crippen LogP contribution in [0.25, 0.3) is 0 Å². The molecule has 0 radical (unpaired) electrons. The average molecular weight is 294 g/mol. The Bertz CT molecular complexity index is 699. The minimum Gasteiger partial charge on any atom is -0.377 e. The van der Waals surface area contributed by atoms with E-state index in [2.05, 4.69) is 5.32 Å². The van der Waals surface area contributed by atoms with Gasteiger partial charge >= 0.3 is 0 Å². The van der Waals surface area contributed by atoms with Gasteiger partial charge in [0.2, 0.25) is 10.0 Å². The lowest BCUT2D eigenvalue weighted by Crippen LogP contribution is -2.16. The van der Waals surface area contributed by atoms with Gasteiger partial charge in [-0.3, -0.25) is 0 Å². The number of halogens is 1. The van der Waals surface area contributed by atoms with Crippen LogP contribution < -0.4 is 10.5 Å². The zero-order chi connectivity index (χ0) is 14.8. The van der Waals surface area contributed by atoms with Crippen molar-refractivity contribution < 1.29 is 12.8 Å². The van der Waals surface area contributed by atoms with E-state index < -0.39 is 10.0 Å². The van der Waals surface area contributed by atoms with E-state index >= 15 is 0 Å². The van der Waals surface area contributed by atoms with Gasteiger partial charge in [0.1, 0.15) is 10.7 Å². The number of sulfonamides is 1. The maximum Gasteiger partial charge on any atom is 0.240 e. The highest BCUT2D eigenvalue weighted by Crippen LogP contribution is 2.24. The van der Waals surface area contributed by atoms with Crippen molar-refractivity contribution >= 4 is 15.7 Å². The van der Waals surface area contributed by atoms with Gasteiger partial charge in [-0.1, -0.05) is 24.3 Å². The predicted octanol–water partition coefficient (Wildman–Crippen LogP) is 2.65.